The van der Waals surface area contributed by atoms with Crippen molar-refractivity contribution >= 4 is 15.8 Å². The van der Waals surface area contributed by atoms with Crippen LogP contribution in [0.3, 0.4) is 0 Å². The maximum atomic E-state index is 14.9. The summed E-state index contributed by atoms with van der Waals surface area (Å²) in [5.41, 5.74) is -1.68. The molecule has 0 heterocycles. The minimum atomic E-state index is -4.84. The van der Waals surface area contributed by atoms with Crippen molar-refractivity contribution in [1.82, 2.24) is 4.90 Å². The smallest absolute Gasteiger partial charge is 0.419 e. The SMILES string of the molecule is COC(=O)c1c(F)cc(OCCCN(Cc2cccc(C(F)(F)F)c2F)CC(C)(C)c2ccccc2)cc1S(C)(=O)=O. The quantitative estimate of drug-likeness (QED) is 0.133. The molecule has 0 N–H and O–H groups in total. The molecule has 0 bridgehead atoms. The monoisotopic (exact) mass is 613 g/mol. The summed E-state index contributed by atoms with van der Waals surface area (Å²) in [6.45, 7) is 4.39. The van der Waals surface area contributed by atoms with Gasteiger partial charge in [0.25, 0.3) is 0 Å². The fourth-order valence-corrected chi connectivity index (χ4v) is 5.51. The molecule has 0 aliphatic rings. The molecule has 0 fully saturated rings. The molecule has 0 saturated carbocycles. The minimum absolute atomic E-state index is 0.0342. The number of halogens is 5. The van der Waals surface area contributed by atoms with Gasteiger partial charge in [-0.15, -0.1) is 0 Å². The van der Waals surface area contributed by atoms with E-state index in [0.29, 0.717) is 12.6 Å². The van der Waals surface area contributed by atoms with Crippen molar-refractivity contribution in [2.24, 2.45) is 0 Å². The number of methoxy groups -OCH3 is 1. The highest BCUT2D eigenvalue weighted by Gasteiger charge is 2.35. The van der Waals surface area contributed by atoms with Gasteiger partial charge in [-0.05, 0) is 24.1 Å². The predicted molar refractivity (Wildman–Crippen MR) is 147 cm³/mol. The molecule has 6 nitrogen and oxygen atoms in total. The molecule has 42 heavy (non-hydrogen) atoms. The van der Waals surface area contributed by atoms with Crippen LogP contribution in [0.25, 0.3) is 0 Å². The van der Waals surface area contributed by atoms with Gasteiger partial charge in [-0.25, -0.2) is 22.0 Å². The van der Waals surface area contributed by atoms with E-state index in [0.717, 1.165) is 37.1 Å². The lowest BCUT2D eigenvalue weighted by Crippen LogP contribution is -2.38. The molecule has 0 unspecified atom stereocenters. The van der Waals surface area contributed by atoms with Crippen LogP contribution in [0.4, 0.5) is 22.0 Å². The average Bonchev–Trinajstić information content (AvgIpc) is 2.90. The molecule has 12 heteroatoms. The number of hydrogen-bond donors (Lipinski definition) is 0. The fraction of sp³-hybridized carbons (Fsp3) is 0.367. The number of rotatable bonds is 12. The maximum absolute atomic E-state index is 14.9. The lowest BCUT2D eigenvalue weighted by atomic mass is 9.84. The van der Waals surface area contributed by atoms with Gasteiger partial charge in [-0.2, -0.15) is 13.2 Å². The van der Waals surface area contributed by atoms with Crippen LogP contribution < -0.4 is 4.74 Å². The summed E-state index contributed by atoms with van der Waals surface area (Å²) in [6.07, 6.45) is -3.75. The zero-order valence-corrected chi connectivity index (χ0v) is 24.4. The molecule has 0 aromatic heterocycles. The summed E-state index contributed by atoms with van der Waals surface area (Å²) >= 11 is 0. The zero-order valence-electron chi connectivity index (χ0n) is 23.6. The Morgan fingerprint density at radius 1 is 0.976 bits per heavy atom. The molecule has 0 spiro atoms. The first-order valence-corrected chi connectivity index (χ1v) is 14.8. The van der Waals surface area contributed by atoms with Crippen molar-refractivity contribution in [3.63, 3.8) is 0 Å². The Kier molecular flexibility index (Phi) is 10.4. The van der Waals surface area contributed by atoms with Gasteiger partial charge in [-0.1, -0.05) is 56.3 Å². The van der Waals surface area contributed by atoms with Crippen LogP contribution in [0.15, 0.2) is 65.6 Å². The number of nitrogens with zero attached hydrogens (tertiary/aromatic N) is 1. The Morgan fingerprint density at radius 3 is 2.24 bits per heavy atom. The van der Waals surface area contributed by atoms with E-state index in [1.807, 2.05) is 44.2 Å². The second kappa shape index (κ2) is 13.2. The van der Waals surface area contributed by atoms with Gasteiger partial charge < -0.3 is 9.47 Å². The van der Waals surface area contributed by atoms with Crippen molar-refractivity contribution < 1.29 is 44.6 Å². The normalized spacial score (nSPS) is 12.4. The minimum Gasteiger partial charge on any atom is -0.493 e. The van der Waals surface area contributed by atoms with Gasteiger partial charge in [0.05, 0.1) is 24.2 Å². The summed E-state index contributed by atoms with van der Waals surface area (Å²) in [4.78, 5) is 13.2. The van der Waals surface area contributed by atoms with Gasteiger partial charge in [-0.3, -0.25) is 4.90 Å². The number of carbonyl (C=O) groups is 1. The molecule has 0 aliphatic heterocycles. The van der Waals surface area contributed by atoms with Crippen molar-refractivity contribution in [3.05, 3.63) is 94.6 Å². The highest BCUT2D eigenvalue weighted by molar-refractivity contribution is 7.90. The molecule has 0 radical (unpaired) electrons. The van der Waals surface area contributed by atoms with Gasteiger partial charge in [0.2, 0.25) is 0 Å². The average molecular weight is 614 g/mol. The molecule has 0 saturated heterocycles. The van der Waals surface area contributed by atoms with E-state index >= 15 is 0 Å². The standard InChI is InChI=1S/C30H32F5NO5S/c1-29(2,21-11-6-5-7-12-21)19-36(18-20-10-8-13-23(27(20)32)30(33,34)35)14-9-15-41-22-16-24(31)26(28(37)40-3)25(17-22)42(4,38)39/h5-8,10-13,16-17H,9,14-15,18-19H2,1-4H3. The second-order valence-corrected chi connectivity index (χ2v) is 12.5. The Labute approximate surface area is 242 Å². The Balaban J connectivity index is 1.81. The topological polar surface area (TPSA) is 72.9 Å². The number of ether oxygens (including phenoxy) is 2. The molecule has 3 rings (SSSR count). The summed E-state index contributed by atoms with van der Waals surface area (Å²) in [7, 11) is -3.03. The third-order valence-corrected chi connectivity index (χ3v) is 7.78. The summed E-state index contributed by atoms with van der Waals surface area (Å²) in [5.74, 6) is -3.76. The molecule has 0 amide bonds. The van der Waals surface area contributed by atoms with Gasteiger partial charge in [0, 0.05) is 42.9 Å². The Hall–Kier alpha value is -3.51. The first kappa shape index (κ1) is 33.0. The highest BCUT2D eigenvalue weighted by atomic mass is 32.2. The van der Waals surface area contributed by atoms with Crippen LogP contribution in [-0.2, 0) is 32.7 Å². The van der Waals surface area contributed by atoms with Crippen LogP contribution in [0.2, 0.25) is 0 Å². The number of carbonyl (C=O) groups excluding carboxylic acids is 1. The lowest BCUT2D eigenvalue weighted by molar-refractivity contribution is -0.140. The molecule has 3 aromatic carbocycles. The zero-order chi connectivity index (χ0) is 31.3. The molecule has 228 valence electrons. The molecular formula is C30H32F5NO5S. The number of hydrogen-bond acceptors (Lipinski definition) is 6. The molecule has 3 aromatic rings. The summed E-state index contributed by atoms with van der Waals surface area (Å²) in [5, 5.41) is 0. The molecule has 0 aliphatic carbocycles. The van der Waals surface area contributed by atoms with Crippen molar-refractivity contribution in [2.75, 3.05) is 33.1 Å². The highest BCUT2D eigenvalue weighted by Crippen LogP contribution is 2.33. The van der Waals surface area contributed by atoms with E-state index in [1.165, 1.54) is 6.07 Å². The van der Waals surface area contributed by atoms with Crippen LogP contribution >= 0.6 is 0 Å². The van der Waals surface area contributed by atoms with Crippen molar-refractivity contribution in [3.8, 4) is 5.75 Å². The second-order valence-electron chi connectivity index (χ2n) is 10.5. The van der Waals surface area contributed by atoms with Crippen LogP contribution in [0.5, 0.6) is 5.75 Å². The van der Waals surface area contributed by atoms with Crippen LogP contribution in [0.1, 0.15) is 47.3 Å². The van der Waals surface area contributed by atoms with E-state index in [-0.39, 0.29) is 37.4 Å². The summed E-state index contributed by atoms with van der Waals surface area (Å²) < 4.78 is 104. The Bertz CT molecular complexity index is 1510. The third-order valence-electron chi connectivity index (χ3n) is 6.66. The predicted octanol–water partition coefficient (Wildman–Crippen LogP) is 6.42. The van der Waals surface area contributed by atoms with E-state index < -0.39 is 55.1 Å². The number of alkyl halides is 3. The van der Waals surface area contributed by atoms with Gasteiger partial charge in [0.15, 0.2) is 9.84 Å². The van der Waals surface area contributed by atoms with Gasteiger partial charge in [0.1, 0.15) is 22.9 Å². The first-order chi connectivity index (χ1) is 19.5. The number of benzene rings is 3. The third kappa shape index (κ3) is 8.28. The van der Waals surface area contributed by atoms with Gasteiger partial charge >= 0.3 is 12.1 Å². The van der Waals surface area contributed by atoms with E-state index in [9.17, 15) is 35.2 Å². The van der Waals surface area contributed by atoms with Crippen LogP contribution in [-0.4, -0.2) is 52.3 Å². The largest absolute Gasteiger partial charge is 0.493 e. The van der Waals surface area contributed by atoms with E-state index in [4.69, 9.17) is 4.74 Å². The van der Waals surface area contributed by atoms with E-state index in [1.54, 1.807) is 4.90 Å². The number of sulfone groups is 1. The lowest BCUT2D eigenvalue weighted by Gasteiger charge is -2.33. The van der Waals surface area contributed by atoms with E-state index in [2.05, 4.69) is 4.74 Å². The summed E-state index contributed by atoms with van der Waals surface area (Å²) in [6, 6.07) is 14.5. The van der Waals surface area contributed by atoms with Crippen molar-refractivity contribution in [2.45, 2.75) is 43.3 Å². The first-order valence-electron chi connectivity index (χ1n) is 12.9. The fourth-order valence-electron chi connectivity index (χ4n) is 4.63. The maximum Gasteiger partial charge on any atom is 0.419 e. The number of esters is 1. The van der Waals surface area contributed by atoms with Crippen LogP contribution in [0, 0.1) is 11.6 Å². The molecular weight excluding hydrogens is 581 g/mol. The Morgan fingerprint density at radius 2 is 1.64 bits per heavy atom. The molecule has 0 atom stereocenters. The van der Waals surface area contributed by atoms with Crippen molar-refractivity contribution in [1.29, 1.82) is 0 Å².